The second kappa shape index (κ2) is 7.76. The molecule has 1 aromatic carbocycles. The van der Waals surface area contributed by atoms with Gasteiger partial charge in [-0.1, -0.05) is 11.3 Å². The van der Waals surface area contributed by atoms with Crippen LogP contribution in [0.5, 0.6) is 0 Å². The molecule has 0 amide bonds. The Morgan fingerprint density at radius 1 is 1.00 bits per heavy atom. The first kappa shape index (κ1) is 20.7. The first-order chi connectivity index (χ1) is 13.0. The molecule has 0 saturated heterocycles. The molecule has 0 aliphatic heterocycles. The summed E-state index contributed by atoms with van der Waals surface area (Å²) < 4.78 is 19.6. The van der Waals surface area contributed by atoms with Crippen LogP contribution in [0.25, 0.3) is 20.9 Å². The van der Waals surface area contributed by atoms with Crippen molar-refractivity contribution in [1.29, 1.82) is 0 Å². The highest BCUT2D eigenvalue weighted by Crippen LogP contribution is 2.32. The second-order valence-electron chi connectivity index (χ2n) is 8.31. The Morgan fingerprint density at radius 3 is 2.29 bits per heavy atom. The van der Waals surface area contributed by atoms with Crippen LogP contribution in [0.1, 0.15) is 39.8 Å². The molecule has 6 heteroatoms. The third-order valence-corrected chi connectivity index (χ3v) is 5.68. The number of hydrogen-bond acceptors (Lipinski definition) is 5. The molecule has 0 atom stereocenters. The lowest BCUT2D eigenvalue weighted by Gasteiger charge is -2.26. The van der Waals surface area contributed by atoms with Crippen LogP contribution in [0.2, 0.25) is 0 Å². The van der Waals surface area contributed by atoms with Gasteiger partial charge in [-0.05, 0) is 64.1 Å². The molecule has 3 aromatic rings. The van der Waals surface area contributed by atoms with Gasteiger partial charge in [-0.25, -0.2) is 14.4 Å². The molecule has 0 saturated carbocycles. The SMILES string of the molecule is CN(C)c1ccc(-c2nc3ccc(C(C)(C)OCCC(C)(C)F)nc3s2)cc1. The maximum atomic E-state index is 13.7. The van der Waals surface area contributed by atoms with Crippen molar-refractivity contribution in [3.63, 3.8) is 0 Å². The van der Waals surface area contributed by atoms with Crippen molar-refractivity contribution in [2.75, 3.05) is 25.6 Å². The van der Waals surface area contributed by atoms with Gasteiger partial charge in [0.2, 0.25) is 0 Å². The van der Waals surface area contributed by atoms with Gasteiger partial charge >= 0.3 is 0 Å². The van der Waals surface area contributed by atoms with Crippen molar-refractivity contribution in [2.24, 2.45) is 0 Å². The summed E-state index contributed by atoms with van der Waals surface area (Å²) in [6.07, 6.45) is 0.353. The van der Waals surface area contributed by atoms with Crippen LogP contribution >= 0.6 is 11.3 Å². The van der Waals surface area contributed by atoms with Crippen LogP contribution in [0.15, 0.2) is 36.4 Å². The largest absolute Gasteiger partial charge is 0.378 e. The summed E-state index contributed by atoms with van der Waals surface area (Å²) in [5.74, 6) is 0. The molecular formula is C22H28FN3OS. The summed E-state index contributed by atoms with van der Waals surface area (Å²) in [6.45, 7) is 7.42. The Balaban J connectivity index is 1.82. The van der Waals surface area contributed by atoms with Gasteiger partial charge in [0.25, 0.3) is 0 Å². The minimum absolute atomic E-state index is 0.350. The zero-order valence-electron chi connectivity index (χ0n) is 17.4. The molecule has 0 N–H and O–H groups in total. The lowest BCUT2D eigenvalue weighted by atomic mass is 10.0. The fraction of sp³-hybridized carbons (Fsp3) is 0.455. The summed E-state index contributed by atoms with van der Waals surface area (Å²) in [5.41, 5.74) is 2.12. The van der Waals surface area contributed by atoms with E-state index in [1.54, 1.807) is 25.2 Å². The Bertz CT molecular complexity index is 943. The van der Waals surface area contributed by atoms with Crippen LogP contribution in [-0.2, 0) is 10.3 Å². The normalized spacial score (nSPS) is 12.5. The lowest BCUT2D eigenvalue weighted by Crippen LogP contribution is -2.26. The van der Waals surface area contributed by atoms with Gasteiger partial charge in [-0.15, -0.1) is 0 Å². The molecule has 4 nitrogen and oxygen atoms in total. The Morgan fingerprint density at radius 2 is 1.68 bits per heavy atom. The van der Waals surface area contributed by atoms with E-state index in [0.717, 1.165) is 32.3 Å². The van der Waals surface area contributed by atoms with E-state index in [9.17, 15) is 4.39 Å². The summed E-state index contributed by atoms with van der Waals surface area (Å²) in [5, 5.41) is 0.947. The number of hydrogen-bond donors (Lipinski definition) is 0. The zero-order valence-corrected chi connectivity index (χ0v) is 18.2. The number of benzene rings is 1. The predicted octanol–water partition coefficient (Wildman–Crippen LogP) is 5.81. The molecule has 3 rings (SSSR count). The molecular weight excluding hydrogens is 373 g/mol. The quantitative estimate of drug-likeness (QED) is 0.500. The highest BCUT2D eigenvalue weighted by atomic mass is 32.1. The van der Waals surface area contributed by atoms with Gasteiger partial charge in [-0.2, -0.15) is 0 Å². The van der Waals surface area contributed by atoms with E-state index in [-0.39, 0.29) is 0 Å². The Hall–Kier alpha value is -2.05. The van der Waals surface area contributed by atoms with Gasteiger partial charge in [0.05, 0.1) is 12.3 Å². The summed E-state index contributed by atoms with van der Waals surface area (Å²) in [7, 11) is 4.05. The average Bonchev–Trinajstić information content (AvgIpc) is 3.03. The third kappa shape index (κ3) is 4.86. The maximum Gasteiger partial charge on any atom is 0.144 e. The first-order valence-corrected chi connectivity index (χ1v) is 10.3. The van der Waals surface area contributed by atoms with Crippen molar-refractivity contribution in [3.05, 3.63) is 42.1 Å². The van der Waals surface area contributed by atoms with E-state index in [2.05, 4.69) is 29.2 Å². The maximum absolute atomic E-state index is 13.7. The number of fused-ring (bicyclic) bond motifs is 1. The molecule has 150 valence electrons. The molecule has 0 bridgehead atoms. The number of pyridine rings is 1. The van der Waals surface area contributed by atoms with Crippen molar-refractivity contribution in [3.8, 4) is 10.6 Å². The highest BCUT2D eigenvalue weighted by Gasteiger charge is 2.25. The number of rotatable bonds is 7. The predicted molar refractivity (Wildman–Crippen MR) is 116 cm³/mol. The molecule has 2 aromatic heterocycles. The average molecular weight is 402 g/mol. The number of anilines is 1. The van der Waals surface area contributed by atoms with E-state index in [1.807, 2.05) is 40.1 Å². The van der Waals surface area contributed by atoms with Gasteiger partial charge in [-0.3, -0.25) is 0 Å². The first-order valence-electron chi connectivity index (χ1n) is 9.44. The van der Waals surface area contributed by atoms with Crippen LogP contribution in [-0.4, -0.2) is 36.3 Å². The molecule has 0 aliphatic rings. The number of thiazole rings is 1. The van der Waals surface area contributed by atoms with Crippen LogP contribution in [0.4, 0.5) is 10.1 Å². The number of ether oxygens (including phenoxy) is 1. The van der Waals surface area contributed by atoms with Crippen LogP contribution < -0.4 is 4.90 Å². The van der Waals surface area contributed by atoms with Gasteiger partial charge < -0.3 is 9.64 Å². The summed E-state index contributed by atoms with van der Waals surface area (Å²) in [6, 6.07) is 12.3. The third-order valence-electron chi connectivity index (χ3n) is 4.66. The van der Waals surface area contributed by atoms with E-state index in [0.29, 0.717) is 13.0 Å². The van der Waals surface area contributed by atoms with E-state index in [1.165, 1.54) is 0 Å². The van der Waals surface area contributed by atoms with Crippen LogP contribution in [0.3, 0.4) is 0 Å². The Labute approximate surface area is 170 Å². The molecule has 2 heterocycles. The van der Waals surface area contributed by atoms with E-state index < -0.39 is 11.3 Å². The van der Waals surface area contributed by atoms with E-state index >= 15 is 0 Å². The highest BCUT2D eigenvalue weighted by molar-refractivity contribution is 7.21. The van der Waals surface area contributed by atoms with Gasteiger partial charge in [0.15, 0.2) is 0 Å². The fourth-order valence-electron chi connectivity index (χ4n) is 2.80. The lowest BCUT2D eigenvalue weighted by molar-refractivity contribution is -0.0387. The van der Waals surface area contributed by atoms with Gasteiger partial charge in [0, 0.05) is 31.8 Å². The van der Waals surface area contributed by atoms with Gasteiger partial charge in [0.1, 0.15) is 26.6 Å². The molecule has 28 heavy (non-hydrogen) atoms. The zero-order chi connectivity index (χ0) is 20.5. The van der Waals surface area contributed by atoms with Crippen LogP contribution in [0, 0.1) is 0 Å². The monoisotopic (exact) mass is 401 g/mol. The minimum Gasteiger partial charge on any atom is -0.378 e. The number of nitrogens with zero attached hydrogens (tertiary/aromatic N) is 3. The van der Waals surface area contributed by atoms with E-state index in [4.69, 9.17) is 14.7 Å². The topological polar surface area (TPSA) is 38.2 Å². The van der Waals surface area contributed by atoms with Crippen molar-refractivity contribution < 1.29 is 9.13 Å². The molecule has 0 fully saturated rings. The van der Waals surface area contributed by atoms with Crippen molar-refractivity contribution in [2.45, 2.75) is 45.4 Å². The fourth-order valence-corrected chi connectivity index (χ4v) is 3.74. The second-order valence-corrected chi connectivity index (χ2v) is 9.29. The molecule has 0 unspecified atom stereocenters. The number of aromatic nitrogens is 2. The number of halogens is 1. The summed E-state index contributed by atoms with van der Waals surface area (Å²) in [4.78, 5) is 12.5. The molecule has 0 radical (unpaired) electrons. The molecule has 0 aliphatic carbocycles. The Kier molecular flexibility index (Phi) is 5.73. The van der Waals surface area contributed by atoms with Crippen molar-refractivity contribution in [1.82, 2.24) is 9.97 Å². The number of alkyl halides is 1. The standard InChI is InChI=1S/C22H28FN3OS/c1-21(2,23)13-14-27-22(3,4)18-12-11-17-20(25-18)28-19(24-17)15-7-9-16(10-8-15)26(5)6/h7-12H,13-14H2,1-6H3. The summed E-state index contributed by atoms with van der Waals surface area (Å²) >= 11 is 1.57. The molecule has 0 spiro atoms. The minimum atomic E-state index is -1.23. The van der Waals surface area contributed by atoms with Crippen molar-refractivity contribution >= 4 is 27.4 Å². The smallest absolute Gasteiger partial charge is 0.144 e.